The predicted molar refractivity (Wildman–Crippen MR) is 82.7 cm³/mol. The lowest BCUT2D eigenvalue weighted by molar-refractivity contribution is -0.137. The summed E-state index contributed by atoms with van der Waals surface area (Å²) in [7, 11) is 0. The third-order valence-electron chi connectivity index (χ3n) is 3.20. The number of rotatable bonds is 4. The van der Waals surface area contributed by atoms with Crippen molar-refractivity contribution in [3.8, 4) is 0 Å². The van der Waals surface area contributed by atoms with E-state index in [2.05, 4.69) is 4.98 Å². The molecular weight excluding hydrogens is 264 g/mol. The molecule has 21 heavy (non-hydrogen) atoms. The van der Waals surface area contributed by atoms with Crippen LogP contribution in [0.5, 0.6) is 0 Å². The zero-order valence-corrected chi connectivity index (χ0v) is 11.3. The first-order valence-electron chi connectivity index (χ1n) is 6.64. The van der Waals surface area contributed by atoms with Crippen LogP contribution in [0.2, 0.25) is 0 Å². The lowest BCUT2D eigenvalue weighted by atomic mass is 10.2. The smallest absolute Gasteiger partial charge is 0.323 e. The normalized spacial score (nSPS) is 11.2. The summed E-state index contributed by atoms with van der Waals surface area (Å²) >= 11 is 0. The van der Waals surface area contributed by atoms with Crippen LogP contribution in [0.25, 0.3) is 23.2 Å². The highest BCUT2D eigenvalue weighted by Crippen LogP contribution is 2.18. The largest absolute Gasteiger partial charge is 0.480 e. The minimum atomic E-state index is -0.882. The molecule has 4 nitrogen and oxygen atoms in total. The molecule has 3 rings (SSSR count). The summed E-state index contributed by atoms with van der Waals surface area (Å²) in [5.41, 5.74) is 2.67. The van der Waals surface area contributed by atoms with Crippen LogP contribution in [0, 0.1) is 0 Å². The predicted octanol–water partition coefficient (Wildman–Crippen LogP) is 3.29. The number of hydrogen-bond acceptors (Lipinski definition) is 2. The molecule has 2 aromatic carbocycles. The van der Waals surface area contributed by atoms with E-state index in [1.807, 2.05) is 66.7 Å². The van der Waals surface area contributed by atoms with Crippen LogP contribution in [-0.4, -0.2) is 20.6 Å². The molecule has 0 aliphatic heterocycles. The number of para-hydroxylation sites is 2. The van der Waals surface area contributed by atoms with E-state index in [0.29, 0.717) is 5.82 Å². The zero-order valence-electron chi connectivity index (χ0n) is 11.3. The summed E-state index contributed by atoms with van der Waals surface area (Å²) in [4.78, 5) is 15.6. The molecular formula is C17H14N2O2. The average Bonchev–Trinajstić information content (AvgIpc) is 2.84. The Morgan fingerprint density at radius 2 is 1.76 bits per heavy atom. The van der Waals surface area contributed by atoms with Gasteiger partial charge in [-0.05, 0) is 23.8 Å². The van der Waals surface area contributed by atoms with E-state index in [1.165, 1.54) is 0 Å². The maximum Gasteiger partial charge on any atom is 0.323 e. The molecule has 0 saturated carbocycles. The number of aliphatic carboxylic acids is 1. The minimum absolute atomic E-state index is 0.102. The summed E-state index contributed by atoms with van der Waals surface area (Å²) in [6.07, 6.45) is 3.78. The van der Waals surface area contributed by atoms with Gasteiger partial charge in [-0.2, -0.15) is 0 Å². The molecule has 0 fully saturated rings. The van der Waals surface area contributed by atoms with Crippen LogP contribution in [0.4, 0.5) is 0 Å². The van der Waals surface area contributed by atoms with Crippen molar-refractivity contribution in [1.82, 2.24) is 9.55 Å². The minimum Gasteiger partial charge on any atom is -0.480 e. The molecule has 4 heteroatoms. The van der Waals surface area contributed by atoms with Crippen molar-refractivity contribution in [2.45, 2.75) is 6.54 Å². The van der Waals surface area contributed by atoms with E-state index in [9.17, 15) is 4.79 Å². The summed E-state index contributed by atoms with van der Waals surface area (Å²) < 4.78 is 1.71. The van der Waals surface area contributed by atoms with E-state index in [4.69, 9.17) is 5.11 Å². The van der Waals surface area contributed by atoms with Gasteiger partial charge in [0.25, 0.3) is 0 Å². The van der Waals surface area contributed by atoms with Gasteiger partial charge in [-0.1, -0.05) is 48.5 Å². The van der Waals surface area contributed by atoms with Gasteiger partial charge in [0.05, 0.1) is 11.0 Å². The van der Waals surface area contributed by atoms with Crippen molar-refractivity contribution in [2.24, 2.45) is 0 Å². The fourth-order valence-electron chi connectivity index (χ4n) is 2.26. The summed E-state index contributed by atoms with van der Waals surface area (Å²) in [6.45, 7) is -0.102. The Morgan fingerprint density at radius 1 is 1.05 bits per heavy atom. The van der Waals surface area contributed by atoms with Gasteiger partial charge in [0.1, 0.15) is 12.4 Å². The number of benzene rings is 2. The third-order valence-corrected chi connectivity index (χ3v) is 3.20. The molecule has 0 atom stereocenters. The second-order valence-corrected chi connectivity index (χ2v) is 4.68. The van der Waals surface area contributed by atoms with E-state index in [1.54, 1.807) is 4.57 Å². The van der Waals surface area contributed by atoms with E-state index >= 15 is 0 Å². The van der Waals surface area contributed by atoms with Crippen molar-refractivity contribution in [1.29, 1.82) is 0 Å². The van der Waals surface area contributed by atoms with Crippen molar-refractivity contribution in [2.75, 3.05) is 0 Å². The van der Waals surface area contributed by atoms with Crippen LogP contribution < -0.4 is 0 Å². The molecule has 3 aromatic rings. The molecule has 1 N–H and O–H groups in total. The van der Waals surface area contributed by atoms with Gasteiger partial charge in [-0.25, -0.2) is 4.98 Å². The molecule has 0 aliphatic rings. The van der Waals surface area contributed by atoms with Crippen LogP contribution in [0.1, 0.15) is 11.4 Å². The first kappa shape index (κ1) is 13.1. The molecule has 0 spiro atoms. The monoisotopic (exact) mass is 278 g/mol. The number of fused-ring (bicyclic) bond motifs is 1. The number of hydrogen-bond donors (Lipinski definition) is 1. The maximum atomic E-state index is 11.1. The summed E-state index contributed by atoms with van der Waals surface area (Å²) in [6, 6.07) is 17.4. The van der Waals surface area contributed by atoms with Gasteiger partial charge in [0.2, 0.25) is 0 Å². The highest BCUT2D eigenvalue weighted by Gasteiger charge is 2.10. The molecule has 0 radical (unpaired) electrons. The van der Waals surface area contributed by atoms with E-state index < -0.39 is 5.97 Å². The Labute approximate surface area is 122 Å². The Morgan fingerprint density at radius 3 is 2.52 bits per heavy atom. The lowest BCUT2D eigenvalue weighted by Crippen LogP contribution is -2.10. The lowest BCUT2D eigenvalue weighted by Gasteiger charge is -2.02. The fourth-order valence-corrected chi connectivity index (χ4v) is 2.26. The Kier molecular flexibility index (Phi) is 3.51. The van der Waals surface area contributed by atoms with Crippen molar-refractivity contribution >= 4 is 29.2 Å². The SMILES string of the molecule is O=C(O)Cn1c(/C=C/c2ccccc2)nc2ccccc21. The van der Waals surface area contributed by atoms with Gasteiger partial charge in [0, 0.05) is 0 Å². The molecule has 0 aliphatic carbocycles. The molecule has 0 bridgehead atoms. The Hall–Kier alpha value is -2.88. The number of carbonyl (C=O) groups is 1. The Balaban J connectivity index is 2.04. The zero-order chi connectivity index (χ0) is 14.7. The standard InChI is InChI=1S/C17H14N2O2/c20-17(21)12-19-15-9-5-4-8-14(15)18-16(19)11-10-13-6-2-1-3-7-13/h1-11H,12H2,(H,20,21)/b11-10+. The quantitative estimate of drug-likeness (QED) is 0.796. The van der Waals surface area contributed by atoms with Crippen LogP contribution in [-0.2, 0) is 11.3 Å². The Bertz CT molecular complexity index is 804. The molecule has 104 valence electrons. The highest BCUT2D eigenvalue weighted by molar-refractivity contribution is 5.81. The number of nitrogens with zero attached hydrogens (tertiary/aromatic N) is 2. The number of carboxylic acid groups (broad SMARTS) is 1. The summed E-state index contributed by atoms with van der Waals surface area (Å²) in [5.74, 6) is -0.241. The number of carboxylic acids is 1. The molecule has 0 amide bonds. The van der Waals surface area contributed by atoms with Crippen molar-refractivity contribution in [3.63, 3.8) is 0 Å². The first-order valence-corrected chi connectivity index (χ1v) is 6.64. The number of imidazole rings is 1. The second-order valence-electron chi connectivity index (χ2n) is 4.68. The molecule has 0 saturated heterocycles. The van der Waals surface area contributed by atoms with Crippen LogP contribution >= 0.6 is 0 Å². The third kappa shape index (κ3) is 2.84. The second kappa shape index (κ2) is 5.63. The van der Waals surface area contributed by atoms with E-state index in [-0.39, 0.29) is 6.54 Å². The number of aromatic nitrogens is 2. The topological polar surface area (TPSA) is 55.1 Å². The molecule has 0 unspecified atom stereocenters. The van der Waals surface area contributed by atoms with Crippen molar-refractivity contribution in [3.05, 3.63) is 66.0 Å². The van der Waals surface area contributed by atoms with Crippen LogP contribution in [0.3, 0.4) is 0 Å². The fraction of sp³-hybridized carbons (Fsp3) is 0.0588. The molecule has 1 aromatic heterocycles. The first-order chi connectivity index (χ1) is 10.2. The van der Waals surface area contributed by atoms with E-state index in [0.717, 1.165) is 16.6 Å². The van der Waals surface area contributed by atoms with Gasteiger partial charge >= 0.3 is 5.97 Å². The van der Waals surface area contributed by atoms with Crippen LogP contribution in [0.15, 0.2) is 54.6 Å². The maximum absolute atomic E-state index is 11.1. The van der Waals surface area contributed by atoms with Gasteiger partial charge in [0.15, 0.2) is 0 Å². The van der Waals surface area contributed by atoms with Crippen molar-refractivity contribution < 1.29 is 9.90 Å². The van der Waals surface area contributed by atoms with Gasteiger partial charge < -0.3 is 9.67 Å². The summed E-state index contributed by atoms with van der Waals surface area (Å²) in [5, 5.41) is 9.08. The highest BCUT2D eigenvalue weighted by atomic mass is 16.4. The molecule has 1 heterocycles. The average molecular weight is 278 g/mol. The van der Waals surface area contributed by atoms with Gasteiger partial charge in [-0.3, -0.25) is 4.79 Å². The van der Waals surface area contributed by atoms with Gasteiger partial charge in [-0.15, -0.1) is 0 Å².